The number of nitrogens with zero attached hydrogens (tertiary/aromatic N) is 6. The molecule has 37 heavy (non-hydrogen) atoms. The third kappa shape index (κ3) is 4.04. The first-order chi connectivity index (χ1) is 17.9. The first-order valence-corrected chi connectivity index (χ1v) is 11.8. The number of halogens is 1. The van der Waals surface area contributed by atoms with Crippen molar-refractivity contribution in [2.45, 2.75) is 32.5 Å². The summed E-state index contributed by atoms with van der Waals surface area (Å²) in [6.45, 7) is 2.66. The number of anilines is 1. The Balaban J connectivity index is 1.45. The minimum Gasteiger partial charge on any atom is -0.379 e. The molecule has 1 saturated heterocycles. The van der Waals surface area contributed by atoms with Crippen LogP contribution in [-0.2, 0) is 22.6 Å². The number of carbonyl (C=O) groups is 2. The third-order valence-electron chi connectivity index (χ3n) is 6.58. The molecule has 2 aliphatic heterocycles. The number of carbonyl (C=O) groups excluding carboxylic acids is 2. The number of aryl methyl sites for hydroxylation is 1. The van der Waals surface area contributed by atoms with E-state index in [4.69, 9.17) is 4.74 Å². The molecular weight excluding hydrogens is 481 g/mol. The van der Waals surface area contributed by atoms with Crippen molar-refractivity contribution in [3.8, 4) is 11.4 Å². The predicted molar refractivity (Wildman–Crippen MR) is 129 cm³/mol. The molecule has 1 N–H and O–H groups in total. The van der Waals surface area contributed by atoms with Crippen LogP contribution in [0.5, 0.6) is 0 Å². The summed E-state index contributed by atoms with van der Waals surface area (Å²) in [5, 5.41) is 7.09. The van der Waals surface area contributed by atoms with Crippen LogP contribution in [-0.4, -0.2) is 60.1 Å². The van der Waals surface area contributed by atoms with Gasteiger partial charge in [-0.15, -0.1) is 0 Å². The maximum Gasteiger partial charge on any atom is 0.280 e. The highest BCUT2D eigenvalue weighted by Gasteiger charge is 2.39. The summed E-state index contributed by atoms with van der Waals surface area (Å²) in [6.07, 6.45) is 3.36. The Bertz CT molecular complexity index is 1590. The van der Waals surface area contributed by atoms with Crippen molar-refractivity contribution >= 4 is 23.3 Å². The van der Waals surface area contributed by atoms with Gasteiger partial charge in [0, 0.05) is 18.9 Å². The van der Waals surface area contributed by atoms with Crippen LogP contribution in [0, 0.1) is 12.7 Å². The molecule has 2 amide bonds. The van der Waals surface area contributed by atoms with E-state index in [0.29, 0.717) is 31.0 Å². The monoisotopic (exact) mass is 503 g/mol. The summed E-state index contributed by atoms with van der Waals surface area (Å²) in [5.41, 5.74) is 2.23. The zero-order valence-electron chi connectivity index (χ0n) is 19.8. The molecule has 188 valence electrons. The van der Waals surface area contributed by atoms with Crippen LogP contribution in [0.25, 0.3) is 17.0 Å². The molecule has 0 radical (unpaired) electrons. The van der Waals surface area contributed by atoms with Gasteiger partial charge in [-0.1, -0.05) is 6.07 Å². The molecule has 2 aliphatic rings. The lowest BCUT2D eigenvalue weighted by atomic mass is 10.2. The minimum atomic E-state index is -0.531. The smallest absolute Gasteiger partial charge is 0.280 e. The van der Waals surface area contributed by atoms with Gasteiger partial charge in [0.2, 0.25) is 5.91 Å². The molecule has 0 bridgehead atoms. The molecule has 6 heterocycles. The number of nitrogens with one attached hydrogen (secondary N) is 1. The Morgan fingerprint density at radius 2 is 2.03 bits per heavy atom. The molecule has 4 aromatic rings. The Hall–Kier alpha value is -4.45. The second kappa shape index (κ2) is 8.89. The molecule has 6 rings (SSSR count). The Morgan fingerprint density at radius 3 is 2.73 bits per heavy atom. The predicted octanol–water partition coefficient (Wildman–Crippen LogP) is 1.78. The SMILES string of the molecule is Cc1ccc(-c2cc3n(CC(=O)Nc4ccc(F)cn4)c4c(c(=O)n3n2)CN([C@H]2CCOC2)C4=O)nc1. The fourth-order valence-electron chi connectivity index (χ4n) is 4.73. The van der Waals surface area contributed by atoms with Gasteiger partial charge in [-0.2, -0.15) is 9.61 Å². The maximum atomic E-state index is 13.6. The summed E-state index contributed by atoms with van der Waals surface area (Å²) in [4.78, 5) is 50.0. The van der Waals surface area contributed by atoms with E-state index in [-0.39, 0.29) is 47.8 Å². The summed E-state index contributed by atoms with van der Waals surface area (Å²) >= 11 is 0. The van der Waals surface area contributed by atoms with Crippen molar-refractivity contribution in [3.63, 3.8) is 0 Å². The lowest BCUT2D eigenvalue weighted by molar-refractivity contribution is -0.116. The van der Waals surface area contributed by atoms with Crippen molar-refractivity contribution in [1.82, 2.24) is 29.0 Å². The molecule has 0 spiro atoms. The van der Waals surface area contributed by atoms with E-state index in [1.54, 1.807) is 23.2 Å². The lowest BCUT2D eigenvalue weighted by Crippen LogP contribution is -2.36. The zero-order valence-corrected chi connectivity index (χ0v) is 19.8. The first-order valence-electron chi connectivity index (χ1n) is 11.8. The molecule has 1 fully saturated rings. The van der Waals surface area contributed by atoms with E-state index in [1.807, 2.05) is 13.0 Å². The molecule has 0 unspecified atom stereocenters. The molecule has 0 saturated carbocycles. The van der Waals surface area contributed by atoms with Gasteiger partial charge in [0.05, 0.1) is 36.6 Å². The average molecular weight is 503 g/mol. The molecule has 1 atom stereocenters. The van der Waals surface area contributed by atoms with Crippen LogP contribution in [0.2, 0.25) is 0 Å². The van der Waals surface area contributed by atoms with Crippen molar-refractivity contribution in [2.75, 3.05) is 18.5 Å². The van der Waals surface area contributed by atoms with E-state index < -0.39 is 17.3 Å². The Labute approximate surface area is 209 Å². The number of amides is 2. The number of hydrogen-bond donors (Lipinski definition) is 1. The van der Waals surface area contributed by atoms with Gasteiger partial charge in [0.15, 0.2) is 0 Å². The number of ether oxygens (including phenoxy) is 1. The third-order valence-corrected chi connectivity index (χ3v) is 6.58. The summed E-state index contributed by atoms with van der Waals surface area (Å²) in [7, 11) is 0. The summed E-state index contributed by atoms with van der Waals surface area (Å²) in [6, 6.07) is 7.68. The number of fused-ring (bicyclic) bond motifs is 2. The highest BCUT2D eigenvalue weighted by atomic mass is 19.1. The normalized spacial score (nSPS) is 17.0. The van der Waals surface area contributed by atoms with E-state index in [0.717, 1.165) is 11.8 Å². The topological polar surface area (TPSA) is 124 Å². The van der Waals surface area contributed by atoms with E-state index >= 15 is 0 Å². The number of rotatable bonds is 5. The van der Waals surface area contributed by atoms with E-state index in [1.165, 1.54) is 21.2 Å². The highest BCUT2D eigenvalue weighted by molar-refractivity contribution is 5.99. The first kappa shape index (κ1) is 23.0. The Morgan fingerprint density at radius 1 is 1.16 bits per heavy atom. The zero-order chi connectivity index (χ0) is 25.7. The Kier molecular flexibility index (Phi) is 5.52. The van der Waals surface area contributed by atoms with E-state index in [9.17, 15) is 18.8 Å². The van der Waals surface area contributed by atoms with Gasteiger partial charge in [0.1, 0.15) is 35.2 Å². The van der Waals surface area contributed by atoms with Crippen LogP contribution in [0.1, 0.15) is 28.0 Å². The van der Waals surface area contributed by atoms with Gasteiger partial charge < -0.3 is 19.5 Å². The summed E-state index contributed by atoms with van der Waals surface area (Å²) < 4.78 is 21.4. The number of pyridine rings is 2. The molecular formula is C25H22FN7O4. The van der Waals surface area contributed by atoms with Gasteiger partial charge in [-0.3, -0.25) is 19.4 Å². The van der Waals surface area contributed by atoms with Crippen LogP contribution < -0.4 is 10.9 Å². The fraction of sp³-hybridized carbons (Fsp3) is 0.280. The summed E-state index contributed by atoms with van der Waals surface area (Å²) in [5.74, 6) is -1.21. The van der Waals surface area contributed by atoms with Crippen LogP contribution >= 0.6 is 0 Å². The molecule has 0 aliphatic carbocycles. The van der Waals surface area contributed by atoms with E-state index in [2.05, 4.69) is 20.4 Å². The molecule has 11 nitrogen and oxygen atoms in total. The lowest BCUT2D eigenvalue weighted by Gasteiger charge is -2.22. The second-order valence-electron chi connectivity index (χ2n) is 9.10. The second-order valence-corrected chi connectivity index (χ2v) is 9.10. The molecule has 12 heteroatoms. The standard InChI is InChI=1S/C25H22FN7O4/c1-14-2-4-18(27-9-14)19-8-22-32(12-21(34)29-20-5-3-15(26)10-28-20)23-17(24(35)33(22)30-19)11-31(25(23)36)16-6-7-37-13-16/h2-5,8-10,16H,6-7,11-13H2,1H3,(H,28,29,34)/t16-/m0/s1. The molecule has 0 aromatic carbocycles. The van der Waals surface area contributed by atoms with Crippen molar-refractivity contribution in [2.24, 2.45) is 0 Å². The van der Waals surface area contributed by atoms with Gasteiger partial charge in [-0.25, -0.2) is 9.37 Å². The van der Waals surface area contributed by atoms with Gasteiger partial charge >= 0.3 is 0 Å². The maximum absolute atomic E-state index is 13.6. The van der Waals surface area contributed by atoms with Gasteiger partial charge in [-0.05, 0) is 37.1 Å². The minimum absolute atomic E-state index is 0.107. The fourth-order valence-corrected chi connectivity index (χ4v) is 4.73. The molecule has 4 aromatic heterocycles. The van der Waals surface area contributed by atoms with Gasteiger partial charge in [0.25, 0.3) is 11.5 Å². The van der Waals surface area contributed by atoms with Crippen LogP contribution in [0.3, 0.4) is 0 Å². The quantitative estimate of drug-likeness (QED) is 0.440. The number of hydrogen-bond acceptors (Lipinski definition) is 7. The number of aromatic nitrogens is 5. The van der Waals surface area contributed by atoms with Crippen LogP contribution in [0.15, 0.2) is 47.5 Å². The average Bonchev–Trinajstić information content (AvgIpc) is 3.63. The van der Waals surface area contributed by atoms with Crippen LogP contribution in [0.4, 0.5) is 10.2 Å². The van der Waals surface area contributed by atoms with Crippen molar-refractivity contribution in [3.05, 3.63) is 75.7 Å². The largest absolute Gasteiger partial charge is 0.379 e. The highest BCUT2D eigenvalue weighted by Crippen LogP contribution is 2.28. The van der Waals surface area contributed by atoms with Crippen molar-refractivity contribution < 1.29 is 18.7 Å². The van der Waals surface area contributed by atoms with Crippen molar-refractivity contribution in [1.29, 1.82) is 0 Å².